The number of aryl methyl sites for hydroxylation is 4. The highest BCUT2D eigenvalue weighted by Crippen LogP contribution is 2.27. The molecule has 2 aromatic heterocycles. The topological polar surface area (TPSA) is 59.8 Å². The van der Waals surface area contributed by atoms with Gasteiger partial charge in [-0.1, -0.05) is 0 Å². The zero-order chi connectivity index (χ0) is 15.8. The smallest absolute Gasteiger partial charge is 0.270 e. The molecule has 0 unspecified atom stereocenters. The van der Waals surface area contributed by atoms with Crippen molar-refractivity contribution >= 4 is 17.2 Å². The molecule has 0 saturated carbocycles. The van der Waals surface area contributed by atoms with Crippen LogP contribution in [0.25, 0.3) is 0 Å². The summed E-state index contributed by atoms with van der Waals surface area (Å²) in [4.78, 5) is 18.3. The maximum Gasteiger partial charge on any atom is 0.270 e. The summed E-state index contributed by atoms with van der Waals surface area (Å²) in [5, 5.41) is 8.30. The largest absolute Gasteiger partial charge is 0.339 e. The second-order valence-electron chi connectivity index (χ2n) is 5.73. The molecule has 5 nitrogen and oxygen atoms in total. The fourth-order valence-electron chi connectivity index (χ4n) is 2.11. The molecule has 0 atom stereocenters. The third-order valence-electron chi connectivity index (χ3n) is 3.42. The lowest BCUT2D eigenvalue weighted by Crippen LogP contribution is -2.41. The number of nitrogens with zero attached hydrogens (tertiary/aromatic N) is 3. The van der Waals surface area contributed by atoms with Crippen LogP contribution in [0.5, 0.6) is 0 Å². The number of carbonyl (C=O) groups excluding carboxylic acids is 1. The molecule has 0 aliphatic carbocycles. The maximum atomic E-state index is 12.5. The van der Waals surface area contributed by atoms with E-state index >= 15 is 0 Å². The van der Waals surface area contributed by atoms with Crippen molar-refractivity contribution in [3.05, 3.63) is 33.0 Å². The first-order valence-corrected chi connectivity index (χ1v) is 7.87. The van der Waals surface area contributed by atoms with Crippen LogP contribution < -0.4 is 5.32 Å². The highest BCUT2D eigenvalue weighted by Gasteiger charge is 2.28. The molecule has 0 aliphatic rings. The Morgan fingerprint density at radius 3 is 2.57 bits per heavy atom. The Kier molecular flexibility index (Phi) is 4.18. The predicted molar refractivity (Wildman–Crippen MR) is 84.7 cm³/mol. The maximum absolute atomic E-state index is 12.5. The summed E-state index contributed by atoms with van der Waals surface area (Å²) < 4.78 is 1.72. The van der Waals surface area contributed by atoms with Gasteiger partial charge in [0.15, 0.2) is 0 Å². The van der Waals surface area contributed by atoms with Crippen LogP contribution in [0.3, 0.4) is 0 Å². The fraction of sp³-hybridized carbons (Fsp3) is 0.533. The van der Waals surface area contributed by atoms with Gasteiger partial charge in [-0.15, -0.1) is 11.3 Å². The number of amides is 1. The lowest BCUT2D eigenvalue weighted by molar-refractivity contribution is 0.0901. The molecule has 0 fully saturated rings. The number of hydrogen-bond acceptors (Lipinski definition) is 4. The van der Waals surface area contributed by atoms with E-state index in [0.29, 0.717) is 12.2 Å². The number of rotatable bonds is 4. The van der Waals surface area contributed by atoms with Gasteiger partial charge in [-0.2, -0.15) is 5.10 Å². The van der Waals surface area contributed by atoms with Gasteiger partial charge in [0.05, 0.1) is 16.9 Å². The molecule has 0 aliphatic heterocycles. The molecule has 0 saturated heterocycles. The van der Waals surface area contributed by atoms with Crippen LogP contribution in [0.2, 0.25) is 0 Å². The third-order valence-corrected chi connectivity index (χ3v) is 4.82. The second-order valence-corrected chi connectivity index (χ2v) is 6.93. The summed E-state index contributed by atoms with van der Waals surface area (Å²) in [6, 6.07) is 1.81. The Morgan fingerprint density at radius 1 is 1.38 bits per heavy atom. The molecule has 0 bridgehead atoms. The molecule has 21 heavy (non-hydrogen) atoms. The van der Waals surface area contributed by atoms with Crippen molar-refractivity contribution in [3.8, 4) is 0 Å². The molecule has 0 aromatic carbocycles. The van der Waals surface area contributed by atoms with Gasteiger partial charge in [-0.05, 0) is 47.6 Å². The summed E-state index contributed by atoms with van der Waals surface area (Å²) in [5.74, 6) is -0.118. The predicted octanol–water partition coefficient (Wildman–Crippen LogP) is 2.95. The average Bonchev–Trinajstić information content (AvgIpc) is 2.93. The Morgan fingerprint density at radius 2 is 2.05 bits per heavy atom. The van der Waals surface area contributed by atoms with E-state index in [1.54, 1.807) is 16.0 Å². The van der Waals surface area contributed by atoms with E-state index in [9.17, 15) is 4.79 Å². The fourth-order valence-corrected chi connectivity index (χ4v) is 3.08. The molecule has 0 spiro atoms. The Balaban J connectivity index is 2.25. The molecule has 2 rings (SSSR count). The van der Waals surface area contributed by atoms with E-state index in [4.69, 9.17) is 0 Å². The minimum atomic E-state index is -0.502. The lowest BCUT2D eigenvalue weighted by atomic mass is 10.1. The van der Waals surface area contributed by atoms with E-state index in [0.717, 1.165) is 16.4 Å². The van der Waals surface area contributed by atoms with Crippen LogP contribution in [0.4, 0.5) is 0 Å². The Bertz CT molecular complexity index is 650. The van der Waals surface area contributed by atoms with E-state index in [1.165, 1.54) is 4.88 Å². The first kappa shape index (κ1) is 15.7. The summed E-state index contributed by atoms with van der Waals surface area (Å²) in [6.07, 6.45) is 0. The molecule has 2 heterocycles. The van der Waals surface area contributed by atoms with E-state index < -0.39 is 5.54 Å². The van der Waals surface area contributed by atoms with Crippen molar-refractivity contribution in [2.75, 3.05) is 0 Å². The van der Waals surface area contributed by atoms with Crippen molar-refractivity contribution in [1.29, 1.82) is 0 Å². The standard InChI is InChI=1S/C15H22N4OS/c1-7-19-12(8-9(2)18-19)13(20)17-15(5,6)14-16-10(3)11(4)21-14/h8H,7H2,1-6H3,(H,17,20). The normalized spacial score (nSPS) is 11.7. The first-order chi connectivity index (χ1) is 9.74. The summed E-state index contributed by atoms with van der Waals surface area (Å²) in [7, 11) is 0. The van der Waals surface area contributed by atoms with Gasteiger partial charge in [0.1, 0.15) is 10.7 Å². The Hall–Kier alpha value is -1.69. The highest BCUT2D eigenvalue weighted by atomic mass is 32.1. The van der Waals surface area contributed by atoms with Gasteiger partial charge in [-0.25, -0.2) is 4.98 Å². The molecule has 2 aromatic rings. The SMILES string of the molecule is CCn1nc(C)cc1C(=O)NC(C)(C)c1nc(C)c(C)s1. The zero-order valence-corrected chi connectivity index (χ0v) is 14.3. The van der Waals surface area contributed by atoms with Crippen LogP contribution in [0.1, 0.15) is 52.5 Å². The molecular formula is C15H22N4OS. The van der Waals surface area contributed by atoms with Crippen molar-refractivity contribution in [2.45, 2.75) is 53.6 Å². The van der Waals surface area contributed by atoms with Crippen LogP contribution in [-0.4, -0.2) is 20.7 Å². The molecule has 6 heteroatoms. The number of aromatic nitrogens is 3. The van der Waals surface area contributed by atoms with Gasteiger partial charge in [0.25, 0.3) is 5.91 Å². The van der Waals surface area contributed by atoms with Gasteiger partial charge in [-0.3, -0.25) is 9.48 Å². The molecule has 1 N–H and O–H groups in total. The van der Waals surface area contributed by atoms with Crippen molar-refractivity contribution in [2.24, 2.45) is 0 Å². The molecule has 114 valence electrons. The van der Waals surface area contributed by atoms with Crippen LogP contribution in [0, 0.1) is 20.8 Å². The minimum absolute atomic E-state index is 0.118. The van der Waals surface area contributed by atoms with E-state index in [1.807, 2.05) is 47.6 Å². The summed E-state index contributed by atoms with van der Waals surface area (Å²) >= 11 is 1.63. The van der Waals surface area contributed by atoms with E-state index in [2.05, 4.69) is 15.4 Å². The van der Waals surface area contributed by atoms with Gasteiger partial charge >= 0.3 is 0 Å². The van der Waals surface area contributed by atoms with Crippen molar-refractivity contribution in [3.63, 3.8) is 0 Å². The number of nitrogens with one attached hydrogen (secondary N) is 1. The highest BCUT2D eigenvalue weighted by molar-refractivity contribution is 7.11. The van der Waals surface area contributed by atoms with Gasteiger partial charge in [0.2, 0.25) is 0 Å². The summed E-state index contributed by atoms with van der Waals surface area (Å²) in [5.41, 5.74) is 1.96. The Labute approximate surface area is 129 Å². The molecular weight excluding hydrogens is 284 g/mol. The van der Waals surface area contributed by atoms with Crippen LogP contribution in [-0.2, 0) is 12.1 Å². The van der Waals surface area contributed by atoms with Crippen LogP contribution in [0.15, 0.2) is 6.07 Å². The van der Waals surface area contributed by atoms with Gasteiger partial charge in [0, 0.05) is 11.4 Å². The lowest BCUT2D eigenvalue weighted by Gasteiger charge is -2.24. The number of thiazole rings is 1. The van der Waals surface area contributed by atoms with E-state index in [-0.39, 0.29) is 5.91 Å². The minimum Gasteiger partial charge on any atom is -0.339 e. The van der Waals surface area contributed by atoms with Gasteiger partial charge < -0.3 is 5.32 Å². The molecule has 1 amide bonds. The van der Waals surface area contributed by atoms with Crippen molar-refractivity contribution in [1.82, 2.24) is 20.1 Å². The second kappa shape index (κ2) is 5.60. The number of carbonyl (C=O) groups is 1. The average molecular weight is 306 g/mol. The quantitative estimate of drug-likeness (QED) is 0.944. The monoisotopic (exact) mass is 306 g/mol. The van der Waals surface area contributed by atoms with Crippen molar-refractivity contribution < 1.29 is 4.79 Å². The summed E-state index contributed by atoms with van der Waals surface area (Å²) in [6.45, 7) is 12.5. The van der Waals surface area contributed by atoms with Crippen LogP contribution >= 0.6 is 11.3 Å². The first-order valence-electron chi connectivity index (χ1n) is 7.06. The zero-order valence-electron chi connectivity index (χ0n) is 13.4. The number of hydrogen-bond donors (Lipinski definition) is 1. The third kappa shape index (κ3) is 3.15. The molecule has 0 radical (unpaired) electrons.